The van der Waals surface area contributed by atoms with Crippen molar-refractivity contribution in [1.82, 2.24) is 5.32 Å². The molecule has 3 nitrogen and oxygen atoms in total. The number of carbonyl (C=O) groups excluding carboxylic acids is 1. The fraction of sp³-hybridized carbons (Fsp3) is 0.364. The lowest BCUT2D eigenvalue weighted by atomic mass is 9.96. The van der Waals surface area contributed by atoms with Crippen LogP contribution in [0.5, 0.6) is 0 Å². The van der Waals surface area contributed by atoms with Crippen molar-refractivity contribution in [3.8, 4) is 0 Å². The Morgan fingerprint density at radius 1 is 1.44 bits per heavy atom. The Morgan fingerprint density at radius 2 is 2.12 bits per heavy atom. The molecule has 16 heavy (non-hydrogen) atoms. The molecular formula is C11H11F2NO2. The highest BCUT2D eigenvalue weighted by molar-refractivity contribution is 5.69. The molecular weight excluding hydrogens is 216 g/mol. The topological polar surface area (TPSA) is 38.3 Å². The van der Waals surface area contributed by atoms with Crippen LogP contribution in [0.2, 0.25) is 0 Å². The van der Waals surface area contributed by atoms with E-state index >= 15 is 0 Å². The van der Waals surface area contributed by atoms with E-state index in [1.54, 1.807) is 31.2 Å². The summed E-state index contributed by atoms with van der Waals surface area (Å²) < 4.78 is 31.4. The van der Waals surface area contributed by atoms with E-state index < -0.39 is 24.7 Å². The van der Waals surface area contributed by atoms with E-state index in [0.29, 0.717) is 5.56 Å². The molecule has 0 spiro atoms. The van der Waals surface area contributed by atoms with Crippen LogP contribution in [-0.2, 0) is 4.74 Å². The first-order chi connectivity index (χ1) is 7.50. The standard InChI is InChI=1S/C11H11F2NO2/c1-7-4-2-3-5-8(7)9-11(12,13)6-16-10(15)14-9/h2-5,9H,6H2,1H3,(H,14,15)/t9-/m0/s1. The number of ether oxygens (including phenoxy) is 1. The number of alkyl carbamates (subject to hydrolysis) is 1. The molecule has 0 bridgehead atoms. The van der Waals surface area contributed by atoms with Crippen LogP contribution in [-0.4, -0.2) is 18.6 Å². The molecule has 0 aliphatic carbocycles. The zero-order valence-corrected chi connectivity index (χ0v) is 8.67. The van der Waals surface area contributed by atoms with Crippen molar-refractivity contribution in [2.75, 3.05) is 6.61 Å². The van der Waals surface area contributed by atoms with Crippen molar-refractivity contribution in [2.45, 2.75) is 18.9 Å². The largest absolute Gasteiger partial charge is 0.443 e. The van der Waals surface area contributed by atoms with Gasteiger partial charge in [-0.25, -0.2) is 13.6 Å². The van der Waals surface area contributed by atoms with Gasteiger partial charge >= 0.3 is 12.0 Å². The smallest absolute Gasteiger partial charge is 0.408 e. The normalized spacial score (nSPS) is 23.4. The minimum Gasteiger partial charge on any atom is -0.443 e. The van der Waals surface area contributed by atoms with Crippen LogP contribution in [0.15, 0.2) is 24.3 Å². The highest BCUT2D eigenvalue weighted by Crippen LogP contribution is 2.35. The fourth-order valence-corrected chi connectivity index (χ4v) is 1.73. The second-order valence-corrected chi connectivity index (χ2v) is 3.77. The molecule has 0 aromatic heterocycles. The molecule has 1 saturated heterocycles. The van der Waals surface area contributed by atoms with Crippen molar-refractivity contribution in [3.05, 3.63) is 35.4 Å². The molecule has 0 unspecified atom stereocenters. The third kappa shape index (κ3) is 1.85. The number of carbonyl (C=O) groups is 1. The van der Waals surface area contributed by atoms with Gasteiger partial charge in [0.05, 0.1) is 0 Å². The number of alkyl halides is 2. The zero-order chi connectivity index (χ0) is 11.8. The quantitative estimate of drug-likeness (QED) is 0.800. The Hall–Kier alpha value is -1.65. The Labute approximate surface area is 91.4 Å². The van der Waals surface area contributed by atoms with E-state index in [1.807, 2.05) is 0 Å². The first-order valence-electron chi connectivity index (χ1n) is 4.87. The van der Waals surface area contributed by atoms with Gasteiger partial charge in [-0.1, -0.05) is 24.3 Å². The molecule has 1 aliphatic rings. The van der Waals surface area contributed by atoms with Crippen LogP contribution in [0.1, 0.15) is 17.2 Å². The lowest BCUT2D eigenvalue weighted by molar-refractivity contribution is -0.104. The molecule has 1 aromatic carbocycles. The first kappa shape index (κ1) is 10.9. The summed E-state index contributed by atoms with van der Waals surface area (Å²) in [5, 5.41) is 2.15. The highest BCUT2D eigenvalue weighted by Gasteiger charge is 2.47. The van der Waals surface area contributed by atoms with Crippen molar-refractivity contribution >= 4 is 6.09 Å². The second-order valence-electron chi connectivity index (χ2n) is 3.77. The van der Waals surface area contributed by atoms with Crippen LogP contribution in [0.3, 0.4) is 0 Å². The summed E-state index contributed by atoms with van der Waals surface area (Å²) in [6.07, 6.45) is -0.806. The zero-order valence-electron chi connectivity index (χ0n) is 8.67. The van der Waals surface area contributed by atoms with E-state index in [1.165, 1.54) is 0 Å². The van der Waals surface area contributed by atoms with Gasteiger partial charge in [0.25, 0.3) is 0 Å². The maximum absolute atomic E-state index is 13.6. The third-order valence-electron chi connectivity index (χ3n) is 2.58. The summed E-state index contributed by atoms with van der Waals surface area (Å²) in [4.78, 5) is 11.0. The van der Waals surface area contributed by atoms with Crippen LogP contribution >= 0.6 is 0 Å². The van der Waals surface area contributed by atoms with Crippen LogP contribution in [0, 0.1) is 6.92 Å². The first-order valence-corrected chi connectivity index (χ1v) is 4.87. The molecule has 0 radical (unpaired) electrons. The number of amides is 1. The van der Waals surface area contributed by atoms with E-state index in [9.17, 15) is 13.6 Å². The van der Waals surface area contributed by atoms with Crippen molar-refractivity contribution in [3.63, 3.8) is 0 Å². The lowest BCUT2D eigenvalue weighted by Crippen LogP contribution is -2.49. The monoisotopic (exact) mass is 227 g/mol. The molecule has 1 heterocycles. The van der Waals surface area contributed by atoms with Gasteiger partial charge in [0.2, 0.25) is 0 Å². The second kappa shape index (κ2) is 3.73. The molecule has 2 rings (SSSR count). The van der Waals surface area contributed by atoms with E-state index in [4.69, 9.17) is 0 Å². The van der Waals surface area contributed by atoms with Gasteiger partial charge in [-0.05, 0) is 18.1 Å². The van der Waals surface area contributed by atoms with Crippen LogP contribution in [0.25, 0.3) is 0 Å². The Morgan fingerprint density at radius 3 is 2.81 bits per heavy atom. The minimum absolute atomic E-state index is 0.421. The van der Waals surface area contributed by atoms with Crippen LogP contribution in [0.4, 0.5) is 13.6 Å². The van der Waals surface area contributed by atoms with Gasteiger partial charge in [0.15, 0.2) is 6.61 Å². The van der Waals surface area contributed by atoms with Gasteiger partial charge in [0, 0.05) is 0 Å². The van der Waals surface area contributed by atoms with Gasteiger partial charge < -0.3 is 10.1 Å². The average molecular weight is 227 g/mol. The molecule has 5 heteroatoms. The number of nitrogens with one attached hydrogen (secondary N) is 1. The summed E-state index contributed by atoms with van der Waals surface area (Å²) >= 11 is 0. The van der Waals surface area contributed by atoms with Gasteiger partial charge in [0.1, 0.15) is 6.04 Å². The van der Waals surface area contributed by atoms with Crippen LogP contribution < -0.4 is 5.32 Å². The Balaban J connectivity index is 2.38. The Bertz CT molecular complexity index is 420. The predicted molar refractivity (Wildman–Crippen MR) is 53.4 cm³/mol. The lowest BCUT2D eigenvalue weighted by Gasteiger charge is -2.32. The molecule has 1 fully saturated rings. The number of aryl methyl sites for hydroxylation is 1. The number of benzene rings is 1. The SMILES string of the molecule is Cc1ccccc1[C@@H]1NC(=O)OCC1(F)F. The maximum Gasteiger partial charge on any atom is 0.408 e. The molecule has 1 atom stereocenters. The maximum atomic E-state index is 13.6. The van der Waals surface area contributed by atoms with E-state index in [2.05, 4.69) is 10.1 Å². The summed E-state index contributed by atoms with van der Waals surface area (Å²) in [6.45, 7) is 0.852. The number of hydrogen-bond acceptors (Lipinski definition) is 2. The molecule has 1 amide bonds. The van der Waals surface area contributed by atoms with Gasteiger partial charge in [-0.2, -0.15) is 0 Å². The average Bonchev–Trinajstić information content (AvgIpc) is 2.23. The number of hydrogen-bond donors (Lipinski definition) is 1. The van der Waals surface area contributed by atoms with Crippen molar-refractivity contribution < 1.29 is 18.3 Å². The summed E-state index contributed by atoms with van der Waals surface area (Å²) in [5.41, 5.74) is 1.14. The summed E-state index contributed by atoms with van der Waals surface area (Å²) in [5.74, 6) is -3.08. The predicted octanol–water partition coefficient (Wildman–Crippen LogP) is 2.41. The van der Waals surface area contributed by atoms with E-state index in [0.717, 1.165) is 5.56 Å². The minimum atomic E-state index is -3.08. The van der Waals surface area contributed by atoms with Crippen molar-refractivity contribution in [1.29, 1.82) is 0 Å². The Kier molecular flexibility index (Phi) is 2.53. The number of halogens is 2. The molecule has 1 N–H and O–H groups in total. The molecule has 1 aromatic rings. The summed E-state index contributed by atoms with van der Waals surface area (Å²) in [7, 11) is 0. The molecule has 1 aliphatic heterocycles. The van der Waals surface area contributed by atoms with Gasteiger partial charge in [-0.15, -0.1) is 0 Å². The summed E-state index contributed by atoms with van der Waals surface area (Å²) in [6, 6.07) is 5.43. The van der Waals surface area contributed by atoms with Crippen molar-refractivity contribution in [2.24, 2.45) is 0 Å². The fourth-order valence-electron chi connectivity index (χ4n) is 1.73. The van der Waals surface area contributed by atoms with E-state index in [-0.39, 0.29) is 0 Å². The molecule has 86 valence electrons. The molecule has 0 saturated carbocycles. The number of rotatable bonds is 1. The highest BCUT2D eigenvalue weighted by atomic mass is 19.3. The van der Waals surface area contributed by atoms with Gasteiger partial charge in [-0.3, -0.25) is 0 Å². The third-order valence-corrected chi connectivity index (χ3v) is 2.58. The number of cyclic esters (lactones) is 1.